The average Bonchev–Trinajstić information content (AvgIpc) is 1.86. The molecule has 0 rings (SSSR count). The lowest BCUT2D eigenvalue weighted by Crippen LogP contribution is -2.22. The number of rotatable bonds is 5. The molecule has 11 heavy (non-hydrogen) atoms. The van der Waals surface area contributed by atoms with Crippen molar-refractivity contribution in [3.8, 4) is 0 Å². The van der Waals surface area contributed by atoms with Crippen LogP contribution in [0.4, 0.5) is 0 Å². The van der Waals surface area contributed by atoms with Gasteiger partial charge in [-0.05, 0) is 32.9 Å². The summed E-state index contributed by atoms with van der Waals surface area (Å²) >= 11 is 0. The molecule has 0 aromatic rings. The Labute approximate surface area is 68.7 Å². The molecule has 0 aliphatic heterocycles. The first-order valence-corrected chi connectivity index (χ1v) is 4.05. The summed E-state index contributed by atoms with van der Waals surface area (Å²) in [5.41, 5.74) is 1.06. The van der Waals surface area contributed by atoms with Gasteiger partial charge < -0.3 is 5.32 Å². The quantitative estimate of drug-likeness (QED) is 0.482. The average molecular weight is 155 g/mol. The van der Waals surface area contributed by atoms with Gasteiger partial charge in [0.25, 0.3) is 0 Å². The van der Waals surface area contributed by atoms with Crippen molar-refractivity contribution in [1.82, 2.24) is 5.32 Å². The third kappa shape index (κ3) is 7.26. The minimum atomic E-state index is 0.165. The maximum atomic E-state index is 11.0. The number of carbonyl (C=O) groups is 1. The normalized spacial score (nSPS) is 9.36. The molecule has 0 atom stereocenters. The number of allylic oxidation sites excluding steroid dienone is 1. The van der Waals surface area contributed by atoms with Crippen LogP contribution in [0.25, 0.3) is 0 Å². The molecule has 0 saturated heterocycles. The van der Waals surface area contributed by atoms with E-state index in [1.54, 1.807) is 6.08 Å². The molecule has 0 aliphatic rings. The molecule has 0 bridgehead atoms. The molecule has 0 aromatic carbocycles. The SMILES string of the molecule is CCCNCC(=O)C=C(C)C. The molecule has 0 radical (unpaired) electrons. The highest BCUT2D eigenvalue weighted by Gasteiger charge is 1.94. The molecule has 0 heterocycles. The van der Waals surface area contributed by atoms with Gasteiger partial charge in [-0.1, -0.05) is 12.5 Å². The first-order chi connectivity index (χ1) is 5.16. The number of nitrogens with one attached hydrogen (secondary N) is 1. The number of hydrogen-bond acceptors (Lipinski definition) is 2. The Morgan fingerprint density at radius 2 is 2.09 bits per heavy atom. The van der Waals surface area contributed by atoms with Crippen LogP contribution < -0.4 is 5.32 Å². The molecule has 1 N–H and O–H groups in total. The van der Waals surface area contributed by atoms with Crippen molar-refractivity contribution in [2.75, 3.05) is 13.1 Å². The van der Waals surface area contributed by atoms with Crippen molar-refractivity contribution in [2.45, 2.75) is 27.2 Å². The van der Waals surface area contributed by atoms with Crippen LogP contribution >= 0.6 is 0 Å². The second-order valence-corrected chi connectivity index (χ2v) is 2.86. The van der Waals surface area contributed by atoms with Gasteiger partial charge in [0.2, 0.25) is 0 Å². The second kappa shape index (κ2) is 6.10. The second-order valence-electron chi connectivity index (χ2n) is 2.86. The molecular formula is C9H17NO. The van der Waals surface area contributed by atoms with Crippen LogP contribution in [0.15, 0.2) is 11.6 Å². The smallest absolute Gasteiger partial charge is 0.169 e. The standard InChI is InChI=1S/C9H17NO/c1-4-5-10-7-9(11)6-8(2)3/h6,10H,4-5,7H2,1-3H3. The summed E-state index contributed by atoms with van der Waals surface area (Å²) in [6, 6.07) is 0. The van der Waals surface area contributed by atoms with Gasteiger partial charge in [0, 0.05) is 0 Å². The van der Waals surface area contributed by atoms with E-state index in [0.717, 1.165) is 18.5 Å². The molecule has 0 aromatic heterocycles. The Morgan fingerprint density at radius 3 is 2.55 bits per heavy atom. The van der Waals surface area contributed by atoms with Crippen molar-refractivity contribution in [3.05, 3.63) is 11.6 Å². The van der Waals surface area contributed by atoms with Crippen LogP contribution in [-0.4, -0.2) is 18.9 Å². The van der Waals surface area contributed by atoms with Crippen LogP contribution in [0.3, 0.4) is 0 Å². The summed E-state index contributed by atoms with van der Waals surface area (Å²) in [6.07, 6.45) is 2.74. The fourth-order valence-corrected chi connectivity index (χ4v) is 0.761. The van der Waals surface area contributed by atoms with Crippen molar-refractivity contribution in [3.63, 3.8) is 0 Å². The van der Waals surface area contributed by atoms with E-state index in [2.05, 4.69) is 12.2 Å². The molecule has 2 nitrogen and oxygen atoms in total. The van der Waals surface area contributed by atoms with E-state index in [4.69, 9.17) is 0 Å². The molecule has 64 valence electrons. The summed E-state index contributed by atoms with van der Waals surface area (Å²) in [6.45, 7) is 7.33. The minimum Gasteiger partial charge on any atom is -0.310 e. The lowest BCUT2D eigenvalue weighted by Gasteiger charge is -1.97. The number of carbonyl (C=O) groups excluding carboxylic acids is 1. The lowest BCUT2D eigenvalue weighted by molar-refractivity contribution is -0.113. The lowest BCUT2D eigenvalue weighted by atomic mass is 10.2. The first-order valence-electron chi connectivity index (χ1n) is 4.05. The van der Waals surface area contributed by atoms with Gasteiger partial charge in [0.1, 0.15) is 0 Å². The zero-order valence-electron chi connectivity index (χ0n) is 7.61. The van der Waals surface area contributed by atoms with E-state index in [1.165, 1.54) is 0 Å². The Balaban J connectivity index is 3.46. The summed E-state index contributed by atoms with van der Waals surface area (Å²) in [4.78, 5) is 11.0. The van der Waals surface area contributed by atoms with Gasteiger partial charge in [-0.2, -0.15) is 0 Å². The van der Waals surface area contributed by atoms with Gasteiger partial charge in [0.05, 0.1) is 6.54 Å². The largest absolute Gasteiger partial charge is 0.310 e. The number of ketones is 1. The highest BCUT2D eigenvalue weighted by atomic mass is 16.1. The van der Waals surface area contributed by atoms with E-state index >= 15 is 0 Å². The Hall–Kier alpha value is -0.630. The zero-order chi connectivity index (χ0) is 8.69. The molecule has 2 heteroatoms. The van der Waals surface area contributed by atoms with Gasteiger partial charge in [-0.15, -0.1) is 0 Å². The Kier molecular flexibility index (Phi) is 5.75. The van der Waals surface area contributed by atoms with Crippen LogP contribution in [-0.2, 0) is 4.79 Å². The molecule has 0 saturated carbocycles. The summed E-state index contributed by atoms with van der Waals surface area (Å²) < 4.78 is 0. The zero-order valence-corrected chi connectivity index (χ0v) is 7.61. The predicted molar refractivity (Wildman–Crippen MR) is 47.6 cm³/mol. The molecule has 0 aliphatic carbocycles. The minimum absolute atomic E-state index is 0.165. The van der Waals surface area contributed by atoms with E-state index < -0.39 is 0 Å². The van der Waals surface area contributed by atoms with Crippen molar-refractivity contribution in [1.29, 1.82) is 0 Å². The molecule has 0 fully saturated rings. The molecular weight excluding hydrogens is 138 g/mol. The van der Waals surface area contributed by atoms with E-state index in [0.29, 0.717) is 6.54 Å². The Bertz CT molecular complexity index is 146. The predicted octanol–water partition coefficient (Wildman–Crippen LogP) is 1.52. The van der Waals surface area contributed by atoms with E-state index in [-0.39, 0.29) is 5.78 Å². The summed E-state index contributed by atoms with van der Waals surface area (Å²) in [5, 5.41) is 3.05. The van der Waals surface area contributed by atoms with Crippen molar-refractivity contribution in [2.24, 2.45) is 0 Å². The van der Waals surface area contributed by atoms with E-state index in [1.807, 2.05) is 13.8 Å². The summed E-state index contributed by atoms with van der Waals surface area (Å²) in [7, 11) is 0. The first kappa shape index (κ1) is 10.4. The highest BCUT2D eigenvalue weighted by molar-refractivity contribution is 5.91. The van der Waals surface area contributed by atoms with Crippen molar-refractivity contribution < 1.29 is 4.79 Å². The molecule has 0 unspecified atom stereocenters. The number of hydrogen-bond donors (Lipinski definition) is 1. The fraction of sp³-hybridized carbons (Fsp3) is 0.667. The van der Waals surface area contributed by atoms with Crippen LogP contribution in [0.1, 0.15) is 27.2 Å². The van der Waals surface area contributed by atoms with Gasteiger partial charge in [-0.25, -0.2) is 0 Å². The van der Waals surface area contributed by atoms with Crippen molar-refractivity contribution >= 4 is 5.78 Å². The topological polar surface area (TPSA) is 29.1 Å². The maximum Gasteiger partial charge on any atom is 0.169 e. The van der Waals surface area contributed by atoms with Crippen LogP contribution in [0, 0.1) is 0 Å². The maximum absolute atomic E-state index is 11.0. The van der Waals surface area contributed by atoms with Gasteiger partial charge >= 0.3 is 0 Å². The summed E-state index contributed by atoms with van der Waals surface area (Å²) in [5.74, 6) is 0.165. The Morgan fingerprint density at radius 1 is 1.45 bits per heavy atom. The van der Waals surface area contributed by atoms with Gasteiger partial charge in [-0.3, -0.25) is 4.79 Å². The monoisotopic (exact) mass is 155 g/mol. The highest BCUT2D eigenvalue weighted by Crippen LogP contribution is 1.87. The van der Waals surface area contributed by atoms with Crippen LogP contribution in [0.5, 0.6) is 0 Å². The fourth-order valence-electron chi connectivity index (χ4n) is 0.761. The third-order valence-corrected chi connectivity index (χ3v) is 1.18. The van der Waals surface area contributed by atoms with E-state index in [9.17, 15) is 4.79 Å². The third-order valence-electron chi connectivity index (χ3n) is 1.18. The van der Waals surface area contributed by atoms with Gasteiger partial charge in [0.15, 0.2) is 5.78 Å². The molecule has 0 spiro atoms. The molecule has 0 amide bonds. The van der Waals surface area contributed by atoms with Crippen LogP contribution in [0.2, 0.25) is 0 Å².